The number of carbonyl (C=O) groups excluding carboxylic acids is 1. The van der Waals surface area contributed by atoms with Gasteiger partial charge in [-0.15, -0.1) is 0 Å². The highest BCUT2D eigenvalue weighted by molar-refractivity contribution is 6.33. The van der Waals surface area contributed by atoms with Gasteiger partial charge in [0.2, 0.25) is 5.91 Å². The number of rotatable bonds is 3. The van der Waals surface area contributed by atoms with E-state index in [4.69, 9.17) is 16.3 Å². The summed E-state index contributed by atoms with van der Waals surface area (Å²) < 4.78 is 5.28. The van der Waals surface area contributed by atoms with Crippen molar-refractivity contribution >= 4 is 23.2 Å². The first-order chi connectivity index (χ1) is 10.7. The summed E-state index contributed by atoms with van der Waals surface area (Å²) in [6.07, 6.45) is 3.43. The zero-order valence-corrected chi connectivity index (χ0v) is 13.3. The number of carbonyl (C=O) groups is 1. The van der Waals surface area contributed by atoms with Crippen LogP contribution in [0.2, 0.25) is 5.02 Å². The lowest BCUT2D eigenvalue weighted by molar-refractivity contribution is -0.136. The van der Waals surface area contributed by atoms with Crippen LogP contribution in [0.15, 0.2) is 18.5 Å². The number of pyridine rings is 1. The average molecular weight is 325 g/mol. The molecule has 0 aromatic carbocycles. The molecule has 120 valence electrons. The molecule has 2 aliphatic rings. The molecule has 7 heteroatoms. The molecule has 2 fully saturated rings. The van der Waals surface area contributed by atoms with E-state index in [0.29, 0.717) is 37.9 Å². The Morgan fingerprint density at radius 2 is 1.91 bits per heavy atom. The average Bonchev–Trinajstić information content (AvgIpc) is 2.57. The molecule has 0 N–H and O–H groups in total. The van der Waals surface area contributed by atoms with Crippen LogP contribution in [0.3, 0.4) is 0 Å². The molecule has 6 nitrogen and oxygen atoms in total. The fourth-order valence-electron chi connectivity index (χ4n) is 2.88. The van der Waals surface area contributed by atoms with Crippen molar-refractivity contribution in [3.8, 4) is 0 Å². The zero-order valence-electron chi connectivity index (χ0n) is 12.6. The van der Waals surface area contributed by atoms with Crippen molar-refractivity contribution < 1.29 is 9.53 Å². The summed E-state index contributed by atoms with van der Waals surface area (Å²) in [7, 11) is 0. The van der Waals surface area contributed by atoms with Gasteiger partial charge in [0.15, 0.2) is 0 Å². The second kappa shape index (κ2) is 7.26. The summed E-state index contributed by atoms with van der Waals surface area (Å²) in [6.45, 7) is 6.72. The minimum Gasteiger partial charge on any atom is -0.378 e. The van der Waals surface area contributed by atoms with E-state index in [-0.39, 0.29) is 5.91 Å². The third kappa shape index (κ3) is 3.69. The number of morpholine rings is 1. The third-order valence-corrected chi connectivity index (χ3v) is 4.48. The number of ether oxygens (including phenoxy) is 1. The highest BCUT2D eigenvalue weighted by Gasteiger charge is 2.23. The molecule has 0 aliphatic carbocycles. The number of halogens is 1. The molecular weight excluding hydrogens is 304 g/mol. The zero-order chi connectivity index (χ0) is 15.4. The first-order valence-corrected chi connectivity index (χ1v) is 8.04. The third-order valence-electron chi connectivity index (χ3n) is 4.19. The van der Waals surface area contributed by atoms with Gasteiger partial charge in [-0.3, -0.25) is 14.7 Å². The highest BCUT2D eigenvalue weighted by atomic mass is 35.5. The summed E-state index contributed by atoms with van der Waals surface area (Å²) >= 11 is 6.19. The molecular formula is C15H21ClN4O2. The molecule has 0 unspecified atom stereocenters. The monoisotopic (exact) mass is 324 g/mol. The number of aromatic nitrogens is 1. The molecule has 3 rings (SSSR count). The van der Waals surface area contributed by atoms with Crippen molar-refractivity contribution in [3.05, 3.63) is 23.5 Å². The van der Waals surface area contributed by atoms with Crippen molar-refractivity contribution in [1.82, 2.24) is 14.8 Å². The lowest BCUT2D eigenvalue weighted by Crippen LogP contribution is -2.51. The molecule has 1 aromatic rings. The topological polar surface area (TPSA) is 48.9 Å². The normalized spacial score (nSPS) is 20.2. The fraction of sp³-hybridized carbons (Fsp3) is 0.600. The number of anilines is 1. The molecule has 22 heavy (non-hydrogen) atoms. The molecule has 0 radical (unpaired) electrons. The molecule has 0 spiro atoms. The second-order valence-corrected chi connectivity index (χ2v) is 5.99. The minimum atomic E-state index is 0.207. The van der Waals surface area contributed by atoms with E-state index >= 15 is 0 Å². The van der Waals surface area contributed by atoms with E-state index in [0.717, 1.165) is 31.9 Å². The molecule has 0 bridgehead atoms. The standard InChI is InChI=1S/C15H21ClN4O2/c16-13-11-17-2-1-14(13)19-5-3-18(4-6-19)12-15(21)20-7-9-22-10-8-20/h1-2,11H,3-10,12H2. The van der Waals surface area contributed by atoms with Gasteiger partial charge >= 0.3 is 0 Å². The molecule has 1 aromatic heterocycles. The summed E-state index contributed by atoms with van der Waals surface area (Å²) in [5, 5.41) is 0.681. The Kier molecular flexibility index (Phi) is 5.12. The number of piperazine rings is 1. The molecule has 1 amide bonds. The Bertz CT molecular complexity index is 514. The predicted molar refractivity (Wildman–Crippen MR) is 85.3 cm³/mol. The summed E-state index contributed by atoms with van der Waals surface area (Å²) in [5.41, 5.74) is 1.02. The fourth-order valence-corrected chi connectivity index (χ4v) is 3.11. The van der Waals surface area contributed by atoms with Crippen molar-refractivity contribution in [2.24, 2.45) is 0 Å². The largest absolute Gasteiger partial charge is 0.378 e. The van der Waals surface area contributed by atoms with Crippen LogP contribution in [-0.4, -0.2) is 79.7 Å². The molecule has 0 atom stereocenters. The Labute approximate surface area is 135 Å². The highest BCUT2D eigenvalue weighted by Crippen LogP contribution is 2.25. The van der Waals surface area contributed by atoms with Crippen LogP contribution < -0.4 is 4.90 Å². The van der Waals surface area contributed by atoms with E-state index in [1.165, 1.54) is 0 Å². The smallest absolute Gasteiger partial charge is 0.236 e. The number of hydrogen-bond donors (Lipinski definition) is 0. The summed E-state index contributed by atoms with van der Waals surface area (Å²) in [6, 6.07) is 1.94. The summed E-state index contributed by atoms with van der Waals surface area (Å²) in [4.78, 5) is 22.6. The maximum Gasteiger partial charge on any atom is 0.236 e. The SMILES string of the molecule is O=C(CN1CCN(c2ccncc2Cl)CC1)N1CCOCC1. The van der Waals surface area contributed by atoms with Gasteiger partial charge in [0, 0.05) is 51.7 Å². The van der Waals surface area contributed by atoms with Crippen LogP contribution in [-0.2, 0) is 9.53 Å². The first kappa shape index (κ1) is 15.5. The van der Waals surface area contributed by atoms with Crippen LogP contribution in [0.1, 0.15) is 0 Å². The van der Waals surface area contributed by atoms with Gasteiger partial charge in [-0.2, -0.15) is 0 Å². The lowest BCUT2D eigenvalue weighted by atomic mass is 10.2. The van der Waals surface area contributed by atoms with Crippen LogP contribution in [0.5, 0.6) is 0 Å². The maximum atomic E-state index is 12.3. The molecule has 3 heterocycles. The van der Waals surface area contributed by atoms with E-state index in [1.54, 1.807) is 12.4 Å². The molecule has 2 saturated heterocycles. The maximum absolute atomic E-state index is 12.3. The van der Waals surface area contributed by atoms with Crippen LogP contribution in [0.25, 0.3) is 0 Å². The van der Waals surface area contributed by atoms with Crippen molar-refractivity contribution in [2.45, 2.75) is 0 Å². The molecule has 2 aliphatic heterocycles. The summed E-state index contributed by atoms with van der Waals surface area (Å²) in [5.74, 6) is 0.207. The number of hydrogen-bond acceptors (Lipinski definition) is 5. The number of nitrogens with zero attached hydrogens (tertiary/aromatic N) is 4. The predicted octanol–water partition coefficient (Wildman–Crippen LogP) is 0.716. The van der Waals surface area contributed by atoms with E-state index in [9.17, 15) is 4.79 Å². The Balaban J connectivity index is 1.49. The van der Waals surface area contributed by atoms with Crippen molar-refractivity contribution in [3.63, 3.8) is 0 Å². The van der Waals surface area contributed by atoms with Gasteiger partial charge in [0.05, 0.1) is 30.5 Å². The number of amides is 1. The van der Waals surface area contributed by atoms with Crippen LogP contribution in [0, 0.1) is 0 Å². The van der Waals surface area contributed by atoms with E-state index < -0.39 is 0 Å². The first-order valence-electron chi connectivity index (χ1n) is 7.66. The minimum absolute atomic E-state index is 0.207. The van der Waals surface area contributed by atoms with E-state index in [2.05, 4.69) is 14.8 Å². The van der Waals surface area contributed by atoms with Gasteiger partial charge in [-0.1, -0.05) is 11.6 Å². The van der Waals surface area contributed by atoms with Crippen LogP contribution in [0.4, 0.5) is 5.69 Å². The Morgan fingerprint density at radius 3 is 2.59 bits per heavy atom. The van der Waals surface area contributed by atoms with Gasteiger partial charge in [-0.05, 0) is 6.07 Å². The van der Waals surface area contributed by atoms with Crippen LogP contribution >= 0.6 is 11.6 Å². The Morgan fingerprint density at radius 1 is 1.18 bits per heavy atom. The van der Waals surface area contributed by atoms with Gasteiger partial charge in [0.25, 0.3) is 0 Å². The Hall–Kier alpha value is -1.37. The van der Waals surface area contributed by atoms with Crippen molar-refractivity contribution in [2.75, 3.05) is 63.9 Å². The van der Waals surface area contributed by atoms with Crippen molar-refractivity contribution in [1.29, 1.82) is 0 Å². The quantitative estimate of drug-likeness (QED) is 0.820. The van der Waals surface area contributed by atoms with Gasteiger partial charge < -0.3 is 14.5 Å². The molecule has 0 saturated carbocycles. The lowest BCUT2D eigenvalue weighted by Gasteiger charge is -2.37. The van der Waals surface area contributed by atoms with E-state index in [1.807, 2.05) is 11.0 Å². The van der Waals surface area contributed by atoms with Gasteiger partial charge in [0.1, 0.15) is 0 Å². The van der Waals surface area contributed by atoms with Gasteiger partial charge in [-0.25, -0.2) is 0 Å². The second-order valence-electron chi connectivity index (χ2n) is 5.58.